The Morgan fingerprint density at radius 3 is 2.56 bits per heavy atom. The zero-order valence-electron chi connectivity index (χ0n) is 11.6. The lowest BCUT2D eigenvalue weighted by molar-refractivity contribution is -0.120. The van der Waals surface area contributed by atoms with E-state index in [0.29, 0.717) is 19.7 Å². The van der Waals surface area contributed by atoms with Crippen molar-refractivity contribution >= 4 is 5.91 Å². The summed E-state index contributed by atoms with van der Waals surface area (Å²) in [5.74, 6) is 0.914. The molecule has 4 heteroatoms. The number of aryl methyl sites for hydroxylation is 2. The molecule has 100 valence electrons. The zero-order valence-corrected chi connectivity index (χ0v) is 11.6. The minimum absolute atomic E-state index is 0.0150. The van der Waals surface area contributed by atoms with Crippen molar-refractivity contribution in [1.82, 2.24) is 10.6 Å². The molecular weight excluding hydrogens is 228 g/mol. The second-order valence-electron chi connectivity index (χ2n) is 4.38. The summed E-state index contributed by atoms with van der Waals surface area (Å²) in [6.07, 6.45) is 0. The molecule has 0 aromatic heterocycles. The highest BCUT2D eigenvalue weighted by Gasteiger charge is 2.06. The Labute approximate surface area is 109 Å². The molecule has 0 bridgehead atoms. The molecule has 0 atom stereocenters. The second-order valence-corrected chi connectivity index (χ2v) is 4.38. The molecule has 1 aromatic carbocycles. The fraction of sp³-hybridized carbons (Fsp3) is 0.500. The van der Waals surface area contributed by atoms with Gasteiger partial charge in [-0.3, -0.25) is 4.79 Å². The summed E-state index contributed by atoms with van der Waals surface area (Å²) < 4.78 is 5.74. The minimum Gasteiger partial charge on any atom is -0.491 e. The van der Waals surface area contributed by atoms with Gasteiger partial charge in [0.05, 0.1) is 13.1 Å². The maximum Gasteiger partial charge on any atom is 0.234 e. The summed E-state index contributed by atoms with van der Waals surface area (Å²) in [5.41, 5.74) is 3.51. The van der Waals surface area contributed by atoms with Crippen LogP contribution in [0.25, 0.3) is 0 Å². The lowest BCUT2D eigenvalue weighted by atomic mass is 10.1. The van der Waals surface area contributed by atoms with E-state index in [1.165, 1.54) is 5.56 Å². The molecule has 0 spiro atoms. The lowest BCUT2D eigenvalue weighted by Gasteiger charge is -2.14. The predicted octanol–water partition coefficient (Wildman–Crippen LogP) is 1.33. The molecule has 0 unspecified atom stereocenters. The smallest absolute Gasteiger partial charge is 0.234 e. The van der Waals surface area contributed by atoms with Crippen LogP contribution in [0.15, 0.2) is 12.1 Å². The Balaban J connectivity index is 2.45. The molecule has 0 aliphatic rings. The van der Waals surface area contributed by atoms with Crippen LogP contribution in [0.2, 0.25) is 0 Å². The van der Waals surface area contributed by atoms with E-state index in [0.717, 1.165) is 16.9 Å². The SMILES string of the molecule is CNCC(=O)NCCOc1c(C)ccc(C)c1C. The van der Waals surface area contributed by atoms with Crippen LogP contribution in [0.5, 0.6) is 5.75 Å². The average Bonchev–Trinajstić information content (AvgIpc) is 2.33. The zero-order chi connectivity index (χ0) is 13.5. The van der Waals surface area contributed by atoms with Crippen molar-refractivity contribution in [3.63, 3.8) is 0 Å². The molecule has 0 heterocycles. The Hall–Kier alpha value is -1.55. The van der Waals surface area contributed by atoms with Gasteiger partial charge in [0, 0.05) is 0 Å². The molecule has 0 radical (unpaired) electrons. The van der Waals surface area contributed by atoms with E-state index < -0.39 is 0 Å². The third-order valence-electron chi connectivity index (χ3n) is 2.88. The number of carbonyl (C=O) groups excluding carboxylic acids is 1. The van der Waals surface area contributed by atoms with Crippen LogP contribution in [0.4, 0.5) is 0 Å². The first-order valence-electron chi connectivity index (χ1n) is 6.17. The summed E-state index contributed by atoms with van der Waals surface area (Å²) in [6.45, 7) is 7.49. The summed E-state index contributed by atoms with van der Waals surface area (Å²) in [4.78, 5) is 11.2. The van der Waals surface area contributed by atoms with Gasteiger partial charge in [0.2, 0.25) is 5.91 Å². The fourth-order valence-electron chi connectivity index (χ4n) is 1.71. The van der Waals surface area contributed by atoms with Gasteiger partial charge < -0.3 is 15.4 Å². The predicted molar refractivity (Wildman–Crippen MR) is 73.1 cm³/mol. The van der Waals surface area contributed by atoms with Gasteiger partial charge in [0.15, 0.2) is 0 Å². The van der Waals surface area contributed by atoms with E-state index in [1.807, 2.05) is 6.92 Å². The highest BCUT2D eigenvalue weighted by Crippen LogP contribution is 2.25. The van der Waals surface area contributed by atoms with Gasteiger partial charge >= 0.3 is 0 Å². The van der Waals surface area contributed by atoms with Crippen LogP contribution in [0.1, 0.15) is 16.7 Å². The van der Waals surface area contributed by atoms with Crippen molar-refractivity contribution in [1.29, 1.82) is 0 Å². The highest BCUT2D eigenvalue weighted by atomic mass is 16.5. The number of nitrogens with one attached hydrogen (secondary N) is 2. The van der Waals surface area contributed by atoms with Crippen molar-refractivity contribution in [3.05, 3.63) is 28.8 Å². The molecular formula is C14H22N2O2. The quantitative estimate of drug-likeness (QED) is 0.749. The molecule has 1 aromatic rings. The van der Waals surface area contributed by atoms with Crippen LogP contribution in [0.3, 0.4) is 0 Å². The molecule has 2 N–H and O–H groups in total. The average molecular weight is 250 g/mol. The first kappa shape index (κ1) is 14.5. The van der Waals surface area contributed by atoms with E-state index in [1.54, 1.807) is 7.05 Å². The fourth-order valence-corrected chi connectivity index (χ4v) is 1.71. The van der Waals surface area contributed by atoms with E-state index in [4.69, 9.17) is 4.74 Å². The molecule has 18 heavy (non-hydrogen) atoms. The van der Waals surface area contributed by atoms with Gasteiger partial charge in [0.1, 0.15) is 12.4 Å². The molecule has 0 aliphatic carbocycles. The normalized spacial score (nSPS) is 10.2. The number of hydrogen-bond acceptors (Lipinski definition) is 3. The maximum atomic E-state index is 11.2. The van der Waals surface area contributed by atoms with E-state index in [2.05, 4.69) is 36.6 Å². The standard InChI is InChI=1S/C14H22N2O2/c1-10-5-6-11(2)14(12(10)3)18-8-7-16-13(17)9-15-4/h5-6,15H,7-9H2,1-4H3,(H,16,17). The van der Waals surface area contributed by atoms with Crippen LogP contribution < -0.4 is 15.4 Å². The summed E-state index contributed by atoms with van der Waals surface area (Å²) in [7, 11) is 1.75. The Kier molecular flexibility index (Phi) is 5.65. The number of ether oxygens (including phenoxy) is 1. The molecule has 0 fully saturated rings. The van der Waals surface area contributed by atoms with Crippen molar-refractivity contribution in [2.24, 2.45) is 0 Å². The first-order valence-corrected chi connectivity index (χ1v) is 6.17. The van der Waals surface area contributed by atoms with Crippen molar-refractivity contribution in [2.75, 3.05) is 26.7 Å². The second kappa shape index (κ2) is 7.01. The number of hydrogen-bond donors (Lipinski definition) is 2. The highest BCUT2D eigenvalue weighted by molar-refractivity contribution is 5.77. The summed E-state index contributed by atoms with van der Waals surface area (Å²) >= 11 is 0. The summed E-state index contributed by atoms with van der Waals surface area (Å²) in [6, 6.07) is 4.14. The van der Waals surface area contributed by atoms with Gasteiger partial charge in [-0.25, -0.2) is 0 Å². The topological polar surface area (TPSA) is 50.4 Å². The minimum atomic E-state index is -0.0150. The summed E-state index contributed by atoms with van der Waals surface area (Å²) in [5, 5.41) is 5.58. The molecule has 1 rings (SSSR count). The third kappa shape index (κ3) is 4.04. The van der Waals surface area contributed by atoms with Gasteiger partial charge in [-0.15, -0.1) is 0 Å². The van der Waals surface area contributed by atoms with Gasteiger partial charge in [0.25, 0.3) is 0 Å². The van der Waals surface area contributed by atoms with Crippen LogP contribution in [-0.4, -0.2) is 32.7 Å². The van der Waals surface area contributed by atoms with Gasteiger partial charge in [-0.1, -0.05) is 12.1 Å². The molecule has 0 aliphatic heterocycles. The Morgan fingerprint density at radius 2 is 1.89 bits per heavy atom. The van der Waals surface area contributed by atoms with Crippen molar-refractivity contribution in [2.45, 2.75) is 20.8 Å². The third-order valence-corrected chi connectivity index (χ3v) is 2.88. The molecule has 4 nitrogen and oxygen atoms in total. The number of carbonyl (C=O) groups is 1. The lowest BCUT2D eigenvalue weighted by Crippen LogP contribution is -2.34. The van der Waals surface area contributed by atoms with Crippen molar-refractivity contribution in [3.8, 4) is 5.75 Å². The maximum absolute atomic E-state index is 11.2. The van der Waals surface area contributed by atoms with E-state index >= 15 is 0 Å². The Morgan fingerprint density at radius 1 is 1.22 bits per heavy atom. The molecule has 0 saturated carbocycles. The number of amides is 1. The number of benzene rings is 1. The van der Waals surface area contributed by atoms with E-state index in [-0.39, 0.29) is 5.91 Å². The largest absolute Gasteiger partial charge is 0.491 e. The number of rotatable bonds is 6. The molecule has 0 saturated heterocycles. The van der Waals surface area contributed by atoms with Crippen LogP contribution in [0, 0.1) is 20.8 Å². The number of likely N-dealkylation sites (N-methyl/N-ethyl adjacent to an activating group) is 1. The monoisotopic (exact) mass is 250 g/mol. The van der Waals surface area contributed by atoms with Gasteiger partial charge in [-0.2, -0.15) is 0 Å². The first-order chi connectivity index (χ1) is 8.56. The van der Waals surface area contributed by atoms with Crippen LogP contribution in [-0.2, 0) is 4.79 Å². The van der Waals surface area contributed by atoms with Crippen LogP contribution >= 0.6 is 0 Å². The van der Waals surface area contributed by atoms with E-state index in [9.17, 15) is 4.79 Å². The van der Waals surface area contributed by atoms with Crippen molar-refractivity contribution < 1.29 is 9.53 Å². The van der Waals surface area contributed by atoms with Gasteiger partial charge in [-0.05, 0) is 44.5 Å². The Bertz CT molecular complexity index is 417. The molecule has 1 amide bonds.